The van der Waals surface area contributed by atoms with Crippen molar-refractivity contribution in [3.63, 3.8) is 0 Å². The SMILES string of the molecule is c1ccc(-n2c3ccccc3c3c4ccccc4ccc32)cc1.c1ccc(-n2c3ccccc3c3cc4ccccc4cc32)cc1.c1ccc(-n2c3ccccc3c3ccc4c5ccccc5n(-c5ccc6ccccc6c5)c4c32)cc1.c1ccc(-n2c3ccccc3c3ccc4c5ccccc5n(-c5ccccc5)c4c32)cc1.c1ccc(-n2c3ccccc3c3ccc4ccccc4c32)cc1. The Labute approximate surface area is 789 Å². The Morgan fingerprint density at radius 3 is 0.723 bits per heavy atom. The fraction of sp³-hybridized carbons (Fsp3) is 0. The lowest BCUT2D eigenvalue weighted by Crippen LogP contribution is -1.98. The molecule has 0 N–H and O–H groups in total. The maximum atomic E-state index is 2.46. The van der Waals surface area contributed by atoms with Crippen LogP contribution in [-0.2, 0) is 0 Å². The third kappa shape index (κ3) is 13.3. The molecule has 7 aromatic heterocycles. The van der Waals surface area contributed by atoms with Crippen LogP contribution in [0, 0.1) is 0 Å². The molecule has 0 spiro atoms. The lowest BCUT2D eigenvalue weighted by Gasteiger charge is -2.13. The Kier molecular flexibility index (Phi) is 19.5. The first kappa shape index (κ1) is 79.6. The van der Waals surface area contributed by atoms with Gasteiger partial charge in [0, 0.05) is 121 Å². The van der Waals surface area contributed by atoms with Gasteiger partial charge in [-0.2, -0.15) is 0 Å². The summed E-state index contributed by atoms with van der Waals surface area (Å²) < 4.78 is 16.8. The number of benzene rings is 23. The minimum Gasteiger partial charge on any atom is -0.309 e. The highest BCUT2D eigenvalue weighted by molar-refractivity contribution is 6.27. The lowest BCUT2D eigenvalue weighted by atomic mass is 10.0. The molecule has 0 aliphatic heterocycles. The second-order valence-corrected chi connectivity index (χ2v) is 35.3. The number of aromatic nitrogens is 7. The van der Waals surface area contributed by atoms with Crippen LogP contribution in [0.25, 0.3) is 236 Å². The van der Waals surface area contributed by atoms with Crippen molar-refractivity contribution in [3.8, 4) is 39.8 Å². The van der Waals surface area contributed by atoms with E-state index in [2.05, 4.69) is 560 Å². The third-order valence-electron chi connectivity index (χ3n) is 27.7. The molecule has 137 heavy (non-hydrogen) atoms. The van der Waals surface area contributed by atoms with Crippen LogP contribution in [0.15, 0.2) is 528 Å². The van der Waals surface area contributed by atoms with Crippen molar-refractivity contribution in [2.75, 3.05) is 0 Å². The van der Waals surface area contributed by atoms with Crippen molar-refractivity contribution < 1.29 is 0 Å². The monoisotopic (exact) mass is 1750 g/mol. The zero-order valence-corrected chi connectivity index (χ0v) is 74.9. The number of rotatable bonds is 7. The number of para-hydroxylation sites is 13. The Balaban J connectivity index is 0.0000000899. The van der Waals surface area contributed by atoms with Gasteiger partial charge in [0.25, 0.3) is 0 Å². The van der Waals surface area contributed by atoms with Crippen molar-refractivity contribution in [1.29, 1.82) is 0 Å². The van der Waals surface area contributed by atoms with E-state index in [9.17, 15) is 0 Å². The van der Waals surface area contributed by atoms with Crippen LogP contribution in [0.5, 0.6) is 0 Å². The average molecular weight is 1750 g/mol. The molecule has 0 bridgehead atoms. The van der Waals surface area contributed by atoms with E-state index in [1.54, 1.807) is 0 Å². The van der Waals surface area contributed by atoms with E-state index in [0.717, 1.165) is 0 Å². The van der Waals surface area contributed by atoms with Crippen LogP contribution in [-0.4, -0.2) is 32.0 Å². The molecule has 0 saturated heterocycles. The molecule has 0 fully saturated rings. The first-order valence-corrected chi connectivity index (χ1v) is 47.0. The minimum absolute atomic E-state index is 1.17. The van der Waals surface area contributed by atoms with Gasteiger partial charge in [-0.1, -0.05) is 382 Å². The van der Waals surface area contributed by atoms with Crippen LogP contribution in [0.3, 0.4) is 0 Å². The standard InChI is InChI=1S/C34H22N2.C30H20N2.3C22H15N/c1-2-12-25(13-3-1)35-31-16-8-6-14-27(31)29-20-21-30-28-15-7-9-17-32(28)36(34(30)33(29)35)26-19-18-23-10-4-5-11-24(23)22-26;1-3-11-21(12-4-1)31-27-17-9-7-15-23(27)25-19-20-26-24-16-8-10-18-28(24)32(30(26)29(25)31)22-13-5-2-6-14-22;1-2-10-18(11-3-1)23-21-13-7-6-12-19(21)20-14-16-8-4-5-9-17(16)15-22(20)23;1-2-9-17(10-3-1)23-21-13-7-6-12-19(21)20-15-14-16-8-4-5-11-18(16)22(20)23;1-2-9-17(10-3-1)23-20-13-7-6-12-19(20)22-18-11-5-4-8-16(18)14-15-21(22)23/h1-22H;1-20H;3*1-15H. The molecule has 0 saturated carbocycles. The summed E-state index contributed by atoms with van der Waals surface area (Å²) in [6.07, 6.45) is 0. The van der Waals surface area contributed by atoms with Gasteiger partial charge < -0.3 is 32.0 Å². The first-order valence-electron chi connectivity index (χ1n) is 47.0. The summed E-state index contributed by atoms with van der Waals surface area (Å²) in [6.45, 7) is 0. The van der Waals surface area contributed by atoms with Gasteiger partial charge in [0.1, 0.15) is 0 Å². The van der Waals surface area contributed by atoms with Gasteiger partial charge in [-0.25, -0.2) is 0 Å². The zero-order chi connectivity index (χ0) is 90.4. The number of hydrogen-bond acceptors (Lipinski definition) is 0. The quantitative estimate of drug-likeness (QED) is 0.152. The first-order chi connectivity index (χ1) is 68.1. The molecule has 0 unspecified atom stereocenters. The van der Waals surface area contributed by atoms with E-state index in [1.807, 2.05) is 0 Å². The van der Waals surface area contributed by atoms with Crippen LogP contribution in [0.1, 0.15) is 0 Å². The molecule has 0 aliphatic rings. The molecule has 0 atom stereocenters. The third-order valence-corrected chi connectivity index (χ3v) is 27.7. The molecule has 0 radical (unpaired) electrons. The second-order valence-electron chi connectivity index (χ2n) is 35.3. The molecule has 0 aliphatic carbocycles. The topological polar surface area (TPSA) is 34.5 Å². The Morgan fingerprint density at radius 2 is 0.328 bits per heavy atom. The van der Waals surface area contributed by atoms with Gasteiger partial charge in [0.05, 0.1) is 77.2 Å². The lowest BCUT2D eigenvalue weighted by molar-refractivity contribution is 1.15. The number of hydrogen-bond donors (Lipinski definition) is 0. The van der Waals surface area contributed by atoms with E-state index in [4.69, 9.17) is 0 Å². The molecule has 0 amide bonds. The summed E-state index contributed by atoms with van der Waals surface area (Å²) in [5, 5.41) is 28.3. The molecular formula is C130H87N7. The molecule has 23 aromatic carbocycles. The normalized spacial score (nSPS) is 11.6. The van der Waals surface area contributed by atoms with Crippen LogP contribution in [0.2, 0.25) is 0 Å². The fourth-order valence-corrected chi connectivity index (χ4v) is 21.8. The van der Waals surface area contributed by atoms with Crippen molar-refractivity contribution in [2.24, 2.45) is 0 Å². The van der Waals surface area contributed by atoms with E-state index < -0.39 is 0 Å². The Morgan fingerprint density at radius 1 is 0.0949 bits per heavy atom. The smallest absolute Gasteiger partial charge is 0.0788 e. The Bertz CT molecular complexity index is 9700. The number of nitrogens with zero attached hydrogens (tertiary/aromatic N) is 7. The molecular weight excluding hydrogens is 1660 g/mol. The number of fused-ring (bicyclic) bond motifs is 29. The van der Waals surface area contributed by atoms with Gasteiger partial charge in [0.2, 0.25) is 0 Å². The molecule has 30 rings (SSSR count). The minimum atomic E-state index is 1.17. The maximum absolute atomic E-state index is 2.46. The van der Waals surface area contributed by atoms with E-state index in [1.165, 1.54) is 236 Å². The van der Waals surface area contributed by atoms with Crippen molar-refractivity contribution >= 4 is 196 Å². The molecule has 7 heteroatoms. The second kappa shape index (κ2) is 33.5. The van der Waals surface area contributed by atoms with Gasteiger partial charge in [-0.3, -0.25) is 0 Å². The highest BCUT2D eigenvalue weighted by Crippen LogP contribution is 2.47. The van der Waals surface area contributed by atoms with Crippen LogP contribution < -0.4 is 0 Å². The van der Waals surface area contributed by atoms with Gasteiger partial charge in [-0.15, -0.1) is 0 Å². The average Bonchev–Trinajstić information content (AvgIpc) is 1.54. The predicted octanol–water partition coefficient (Wildman–Crippen LogP) is 34.7. The van der Waals surface area contributed by atoms with E-state index in [0.29, 0.717) is 0 Å². The summed E-state index contributed by atoms with van der Waals surface area (Å²) in [7, 11) is 0. The van der Waals surface area contributed by atoms with Gasteiger partial charge >= 0.3 is 0 Å². The maximum Gasteiger partial charge on any atom is 0.0788 e. The van der Waals surface area contributed by atoms with Crippen LogP contribution in [0.4, 0.5) is 0 Å². The summed E-state index contributed by atoms with van der Waals surface area (Å²) >= 11 is 0. The zero-order valence-electron chi connectivity index (χ0n) is 74.9. The molecule has 7 nitrogen and oxygen atoms in total. The van der Waals surface area contributed by atoms with E-state index in [-0.39, 0.29) is 0 Å². The van der Waals surface area contributed by atoms with Gasteiger partial charge in [-0.05, 0) is 183 Å². The Hall–Kier alpha value is -18.3. The van der Waals surface area contributed by atoms with E-state index >= 15 is 0 Å². The molecule has 7 heterocycles. The van der Waals surface area contributed by atoms with Gasteiger partial charge in [0.15, 0.2) is 0 Å². The van der Waals surface area contributed by atoms with Crippen molar-refractivity contribution in [3.05, 3.63) is 528 Å². The van der Waals surface area contributed by atoms with Crippen molar-refractivity contribution in [2.45, 2.75) is 0 Å². The van der Waals surface area contributed by atoms with Crippen molar-refractivity contribution in [1.82, 2.24) is 32.0 Å². The highest BCUT2D eigenvalue weighted by atomic mass is 15.1. The largest absolute Gasteiger partial charge is 0.309 e. The van der Waals surface area contributed by atoms with Crippen LogP contribution >= 0.6 is 0 Å². The summed E-state index contributed by atoms with van der Waals surface area (Å²) in [5.41, 5.74) is 25.8. The summed E-state index contributed by atoms with van der Waals surface area (Å²) in [5.74, 6) is 0. The summed E-state index contributed by atoms with van der Waals surface area (Å²) in [6, 6.07) is 189. The molecule has 642 valence electrons. The summed E-state index contributed by atoms with van der Waals surface area (Å²) in [4.78, 5) is 0. The highest BCUT2D eigenvalue weighted by Gasteiger charge is 2.26. The molecule has 30 aromatic rings. The predicted molar refractivity (Wildman–Crippen MR) is 583 cm³/mol. The fourth-order valence-electron chi connectivity index (χ4n) is 21.8.